The van der Waals surface area contributed by atoms with Gasteiger partial charge in [0, 0.05) is 23.2 Å². The molecule has 3 rings (SSSR count). The molecule has 0 fully saturated rings. The zero-order chi connectivity index (χ0) is 13.2. The number of rotatable bonds is 1. The summed E-state index contributed by atoms with van der Waals surface area (Å²) in [6.45, 7) is 1.31. The lowest BCUT2D eigenvalue weighted by Gasteiger charge is -2.16. The van der Waals surface area contributed by atoms with E-state index in [1.54, 1.807) is 0 Å². The number of fused-ring (bicyclic) bond motifs is 1. The number of anilines is 1. The van der Waals surface area contributed by atoms with Crippen molar-refractivity contribution < 1.29 is 4.79 Å². The Morgan fingerprint density at radius 2 is 1.84 bits per heavy atom. The standard InChI is InChI=1S/C15H13BrN2O/c16-14-8-4-5-11-9-18(10-13(11)14)15(19)17-12-6-2-1-3-7-12/h1-8H,9-10H2,(H,17,19). The summed E-state index contributed by atoms with van der Waals surface area (Å²) in [4.78, 5) is 14.0. The molecule has 1 aliphatic rings. The second-order valence-corrected chi connectivity index (χ2v) is 5.38. The Morgan fingerprint density at radius 3 is 2.58 bits per heavy atom. The minimum Gasteiger partial charge on any atom is -0.316 e. The lowest BCUT2D eigenvalue weighted by molar-refractivity contribution is 0.212. The molecule has 1 heterocycles. The Labute approximate surface area is 120 Å². The fourth-order valence-electron chi connectivity index (χ4n) is 2.25. The summed E-state index contributed by atoms with van der Waals surface area (Å²) in [5.41, 5.74) is 3.23. The molecule has 2 aromatic carbocycles. The van der Waals surface area contributed by atoms with E-state index in [1.165, 1.54) is 11.1 Å². The summed E-state index contributed by atoms with van der Waals surface area (Å²) < 4.78 is 1.07. The molecule has 1 aliphatic heterocycles. The van der Waals surface area contributed by atoms with Crippen molar-refractivity contribution in [2.24, 2.45) is 0 Å². The molecule has 2 amide bonds. The topological polar surface area (TPSA) is 32.3 Å². The first-order chi connectivity index (χ1) is 9.24. The van der Waals surface area contributed by atoms with Crippen molar-refractivity contribution >= 4 is 27.6 Å². The van der Waals surface area contributed by atoms with Crippen molar-refractivity contribution in [3.63, 3.8) is 0 Å². The van der Waals surface area contributed by atoms with Crippen LogP contribution in [0.15, 0.2) is 53.0 Å². The van der Waals surface area contributed by atoms with E-state index in [4.69, 9.17) is 0 Å². The summed E-state index contributed by atoms with van der Waals surface area (Å²) in [6.07, 6.45) is 0. The first-order valence-electron chi connectivity index (χ1n) is 6.11. The quantitative estimate of drug-likeness (QED) is 0.847. The van der Waals surface area contributed by atoms with E-state index in [0.717, 1.165) is 10.2 Å². The Balaban J connectivity index is 1.73. The molecule has 1 N–H and O–H groups in total. The van der Waals surface area contributed by atoms with Crippen LogP contribution in [0, 0.1) is 0 Å². The average molecular weight is 317 g/mol. The largest absolute Gasteiger partial charge is 0.322 e. The molecule has 0 saturated carbocycles. The van der Waals surface area contributed by atoms with E-state index < -0.39 is 0 Å². The summed E-state index contributed by atoms with van der Waals surface area (Å²) in [7, 11) is 0. The molecule has 0 radical (unpaired) electrons. The number of carbonyl (C=O) groups is 1. The van der Waals surface area contributed by atoms with Gasteiger partial charge in [-0.05, 0) is 29.3 Å². The van der Waals surface area contributed by atoms with Crippen LogP contribution in [-0.2, 0) is 13.1 Å². The molecule has 3 nitrogen and oxygen atoms in total. The number of amides is 2. The second kappa shape index (κ2) is 5.05. The molecule has 0 spiro atoms. The van der Waals surface area contributed by atoms with Gasteiger partial charge in [0.25, 0.3) is 0 Å². The highest BCUT2D eigenvalue weighted by atomic mass is 79.9. The predicted molar refractivity (Wildman–Crippen MR) is 78.8 cm³/mol. The summed E-state index contributed by atoms with van der Waals surface area (Å²) in [5, 5.41) is 2.91. The van der Waals surface area contributed by atoms with Gasteiger partial charge in [0.1, 0.15) is 0 Å². The molecule has 19 heavy (non-hydrogen) atoms. The Kier molecular flexibility index (Phi) is 3.25. The Morgan fingerprint density at radius 1 is 1.05 bits per heavy atom. The van der Waals surface area contributed by atoms with Crippen LogP contribution in [0.4, 0.5) is 10.5 Å². The van der Waals surface area contributed by atoms with E-state index >= 15 is 0 Å². The monoisotopic (exact) mass is 316 g/mol. The van der Waals surface area contributed by atoms with E-state index in [2.05, 4.69) is 27.3 Å². The van der Waals surface area contributed by atoms with Gasteiger partial charge < -0.3 is 10.2 Å². The van der Waals surface area contributed by atoms with Crippen LogP contribution in [0.1, 0.15) is 11.1 Å². The number of carbonyl (C=O) groups excluding carboxylic acids is 1. The smallest absolute Gasteiger partial charge is 0.316 e. The van der Waals surface area contributed by atoms with E-state index in [0.29, 0.717) is 13.1 Å². The van der Waals surface area contributed by atoms with E-state index in [9.17, 15) is 4.79 Å². The van der Waals surface area contributed by atoms with Crippen LogP contribution in [0.2, 0.25) is 0 Å². The number of hydrogen-bond acceptors (Lipinski definition) is 1. The molecule has 0 aromatic heterocycles. The predicted octanol–water partition coefficient (Wildman–Crippen LogP) is 4.00. The van der Waals surface area contributed by atoms with Gasteiger partial charge in [-0.15, -0.1) is 0 Å². The molecule has 4 heteroatoms. The van der Waals surface area contributed by atoms with Crippen molar-refractivity contribution in [3.8, 4) is 0 Å². The SMILES string of the molecule is O=C(Nc1ccccc1)N1Cc2cccc(Br)c2C1. The lowest BCUT2D eigenvalue weighted by Crippen LogP contribution is -2.30. The number of nitrogens with one attached hydrogen (secondary N) is 1. The third-order valence-electron chi connectivity index (χ3n) is 3.24. The fourth-order valence-corrected chi connectivity index (χ4v) is 2.78. The van der Waals surface area contributed by atoms with Crippen molar-refractivity contribution in [1.29, 1.82) is 0 Å². The molecule has 0 atom stereocenters. The molecule has 96 valence electrons. The van der Waals surface area contributed by atoms with Gasteiger partial charge in [-0.2, -0.15) is 0 Å². The maximum Gasteiger partial charge on any atom is 0.322 e. The minimum absolute atomic E-state index is 0.0608. The molecule has 2 aromatic rings. The molecular formula is C15H13BrN2O. The van der Waals surface area contributed by atoms with Gasteiger partial charge in [0.15, 0.2) is 0 Å². The molecule has 0 unspecified atom stereocenters. The number of para-hydroxylation sites is 1. The summed E-state index contributed by atoms with van der Waals surface area (Å²) in [6, 6.07) is 15.5. The number of hydrogen-bond donors (Lipinski definition) is 1. The number of urea groups is 1. The third kappa shape index (κ3) is 2.49. The van der Waals surface area contributed by atoms with Crippen molar-refractivity contribution in [3.05, 3.63) is 64.1 Å². The van der Waals surface area contributed by atoms with Crippen molar-refractivity contribution in [1.82, 2.24) is 4.90 Å². The first kappa shape index (κ1) is 12.2. The van der Waals surface area contributed by atoms with Gasteiger partial charge >= 0.3 is 6.03 Å². The van der Waals surface area contributed by atoms with Crippen molar-refractivity contribution in [2.45, 2.75) is 13.1 Å². The van der Waals surface area contributed by atoms with Gasteiger partial charge in [-0.3, -0.25) is 0 Å². The van der Waals surface area contributed by atoms with Crippen LogP contribution in [-0.4, -0.2) is 10.9 Å². The lowest BCUT2D eigenvalue weighted by atomic mass is 10.1. The van der Waals surface area contributed by atoms with Gasteiger partial charge in [-0.25, -0.2) is 4.79 Å². The molecule has 0 saturated heterocycles. The summed E-state index contributed by atoms with van der Waals surface area (Å²) >= 11 is 3.53. The average Bonchev–Trinajstić information content (AvgIpc) is 2.85. The van der Waals surface area contributed by atoms with Gasteiger partial charge in [-0.1, -0.05) is 46.3 Å². The number of nitrogens with zero attached hydrogens (tertiary/aromatic N) is 1. The maximum absolute atomic E-state index is 12.2. The molecule has 0 bridgehead atoms. The maximum atomic E-state index is 12.2. The van der Waals surface area contributed by atoms with Crippen LogP contribution < -0.4 is 5.32 Å². The fraction of sp³-hybridized carbons (Fsp3) is 0.133. The van der Waals surface area contributed by atoms with Crippen LogP contribution in [0.25, 0.3) is 0 Å². The molecular weight excluding hydrogens is 304 g/mol. The zero-order valence-electron chi connectivity index (χ0n) is 10.3. The second-order valence-electron chi connectivity index (χ2n) is 4.53. The Bertz CT molecular complexity index is 613. The molecule has 0 aliphatic carbocycles. The minimum atomic E-state index is -0.0608. The number of benzene rings is 2. The van der Waals surface area contributed by atoms with Crippen LogP contribution >= 0.6 is 15.9 Å². The van der Waals surface area contributed by atoms with Gasteiger partial charge in [0.05, 0.1) is 0 Å². The van der Waals surface area contributed by atoms with E-state index in [1.807, 2.05) is 47.4 Å². The van der Waals surface area contributed by atoms with Gasteiger partial charge in [0.2, 0.25) is 0 Å². The zero-order valence-corrected chi connectivity index (χ0v) is 11.9. The number of halogens is 1. The summed E-state index contributed by atoms with van der Waals surface area (Å²) in [5.74, 6) is 0. The van der Waals surface area contributed by atoms with Crippen LogP contribution in [0.5, 0.6) is 0 Å². The van der Waals surface area contributed by atoms with Crippen LogP contribution in [0.3, 0.4) is 0 Å². The normalized spacial score (nSPS) is 13.2. The van der Waals surface area contributed by atoms with E-state index in [-0.39, 0.29) is 6.03 Å². The first-order valence-corrected chi connectivity index (χ1v) is 6.90. The highest BCUT2D eigenvalue weighted by molar-refractivity contribution is 9.10. The Hall–Kier alpha value is -1.81. The van der Waals surface area contributed by atoms with Crippen molar-refractivity contribution in [2.75, 3.05) is 5.32 Å². The highest BCUT2D eigenvalue weighted by Crippen LogP contribution is 2.29. The third-order valence-corrected chi connectivity index (χ3v) is 3.98. The highest BCUT2D eigenvalue weighted by Gasteiger charge is 2.24.